The summed E-state index contributed by atoms with van der Waals surface area (Å²) in [6, 6.07) is -0.757. The Labute approximate surface area is 308 Å². The van der Waals surface area contributed by atoms with Crippen LogP contribution in [0.4, 0.5) is 0 Å². The maximum atomic E-state index is 12.7. The number of quaternary nitrogens is 1. The first-order valence-electron chi connectivity index (χ1n) is 20.4. The van der Waals surface area contributed by atoms with Gasteiger partial charge >= 0.3 is 7.82 Å². The van der Waals surface area contributed by atoms with E-state index in [1.165, 1.54) is 89.9 Å². The van der Waals surface area contributed by atoms with Crippen LogP contribution in [0.5, 0.6) is 0 Å². The molecule has 0 aliphatic carbocycles. The van der Waals surface area contributed by atoms with E-state index < -0.39 is 20.0 Å². The summed E-state index contributed by atoms with van der Waals surface area (Å²) in [7, 11) is 1.60. The van der Waals surface area contributed by atoms with Crippen LogP contribution in [0.1, 0.15) is 168 Å². The van der Waals surface area contributed by atoms with Crippen LogP contribution in [-0.2, 0) is 18.4 Å². The molecule has 0 saturated carbocycles. The molecule has 294 valence electrons. The lowest BCUT2D eigenvalue weighted by Gasteiger charge is -2.26. The number of aliphatic hydroxyl groups excluding tert-OH is 1. The van der Waals surface area contributed by atoms with Crippen molar-refractivity contribution in [1.29, 1.82) is 0 Å². The molecule has 1 amide bonds. The number of hydrogen-bond donors (Lipinski definition) is 3. The molecule has 0 aromatic rings. The first-order valence-corrected chi connectivity index (χ1v) is 21.8. The zero-order valence-corrected chi connectivity index (χ0v) is 34.0. The highest BCUT2D eigenvalue weighted by Gasteiger charge is 2.28. The number of phosphoric acid groups is 1. The van der Waals surface area contributed by atoms with Crippen LogP contribution >= 0.6 is 7.82 Å². The average molecular weight is 728 g/mol. The van der Waals surface area contributed by atoms with Crippen molar-refractivity contribution in [1.82, 2.24) is 5.32 Å². The predicted octanol–water partition coefficient (Wildman–Crippen LogP) is 10.7. The van der Waals surface area contributed by atoms with Gasteiger partial charge in [0.15, 0.2) is 0 Å². The van der Waals surface area contributed by atoms with Crippen LogP contribution in [-0.4, -0.2) is 73.4 Å². The number of carbonyl (C=O) groups excluding carboxylic acids is 1. The predicted molar refractivity (Wildman–Crippen MR) is 212 cm³/mol. The number of hydrogen-bond acceptors (Lipinski definition) is 5. The summed E-state index contributed by atoms with van der Waals surface area (Å²) >= 11 is 0. The van der Waals surface area contributed by atoms with E-state index in [1.54, 1.807) is 0 Å². The van der Waals surface area contributed by atoms with Crippen molar-refractivity contribution < 1.29 is 32.9 Å². The van der Waals surface area contributed by atoms with Crippen molar-refractivity contribution in [3.63, 3.8) is 0 Å². The second-order valence-corrected chi connectivity index (χ2v) is 16.5. The summed E-state index contributed by atoms with van der Waals surface area (Å²) in [4.78, 5) is 22.8. The Morgan fingerprint density at radius 2 is 1.14 bits per heavy atom. The highest BCUT2D eigenvalue weighted by atomic mass is 31.2. The zero-order chi connectivity index (χ0) is 37.2. The van der Waals surface area contributed by atoms with E-state index in [4.69, 9.17) is 9.05 Å². The highest BCUT2D eigenvalue weighted by Crippen LogP contribution is 2.43. The van der Waals surface area contributed by atoms with Crippen LogP contribution in [0.25, 0.3) is 0 Å². The summed E-state index contributed by atoms with van der Waals surface area (Å²) in [6.07, 6.45) is 39.7. The number of phosphoric ester groups is 1. The Bertz CT molecular complexity index is 917. The fourth-order valence-corrected chi connectivity index (χ4v) is 6.32. The van der Waals surface area contributed by atoms with Gasteiger partial charge in [-0.2, -0.15) is 0 Å². The molecule has 0 bridgehead atoms. The number of nitrogens with zero attached hydrogens (tertiary/aromatic N) is 1. The molecule has 0 aromatic heterocycles. The van der Waals surface area contributed by atoms with E-state index in [1.807, 2.05) is 21.1 Å². The molecule has 0 spiro atoms. The molecular formula is C41H80N2O6P+. The third kappa shape index (κ3) is 35.1. The molecule has 3 atom stereocenters. The molecule has 0 heterocycles. The van der Waals surface area contributed by atoms with Crippen LogP contribution in [0.2, 0.25) is 0 Å². The smallest absolute Gasteiger partial charge is 0.391 e. The molecule has 0 saturated heterocycles. The van der Waals surface area contributed by atoms with Crippen molar-refractivity contribution in [2.75, 3.05) is 40.9 Å². The van der Waals surface area contributed by atoms with Gasteiger partial charge in [0.2, 0.25) is 5.91 Å². The van der Waals surface area contributed by atoms with E-state index >= 15 is 0 Å². The van der Waals surface area contributed by atoms with Crippen molar-refractivity contribution in [2.24, 2.45) is 0 Å². The number of unbranched alkanes of at least 4 members (excludes halogenated alkanes) is 17. The van der Waals surface area contributed by atoms with Gasteiger partial charge in [-0.3, -0.25) is 13.8 Å². The maximum Gasteiger partial charge on any atom is 0.472 e. The molecule has 3 unspecified atom stereocenters. The molecule has 0 fully saturated rings. The first-order chi connectivity index (χ1) is 24.0. The van der Waals surface area contributed by atoms with E-state index in [-0.39, 0.29) is 19.1 Å². The van der Waals surface area contributed by atoms with Gasteiger partial charge < -0.3 is 19.8 Å². The van der Waals surface area contributed by atoms with Crippen molar-refractivity contribution >= 4 is 13.7 Å². The minimum atomic E-state index is -4.29. The van der Waals surface area contributed by atoms with Gasteiger partial charge in [0, 0.05) is 6.42 Å². The van der Waals surface area contributed by atoms with Crippen LogP contribution < -0.4 is 5.32 Å². The van der Waals surface area contributed by atoms with Gasteiger partial charge in [0.1, 0.15) is 13.2 Å². The van der Waals surface area contributed by atoms with E-state index in [0.29, 0.717) is 23.9 Å². The van der Waals surface area contributed by atoms with E-state index in [9.17, 15) is 19.4 Å². The fraction of sp³-hybridized carbons (Fsp3) is 0.829. The fourth-order valence-electron chi connectivity index (χ4n) is 5.58. The Morgan fingerprint density at radius 1 is 0.680 bits per heavy atom. The third-order valence-electron chi connectivity index (χ3n) is 8.89. The molecule has 8 nitrogen and oxygen atoms in total. The average Bonchev–Trinajstić information content (AvgIpc) is 3.06. The maximum absolute atomic E-state index is 12.7. The Hall–Kier alpha value is -1.28. The highest BCUT2D eigenvalue weighted by molar-refractivity contribution is 7.47. The third-order valence-corrected chi connectivity index (χ3v) is 9.88. The van der Waals surface area contributed by atoms with E-state index in [2.05, 4.69) is 55.6 Å². The Balaban J connectivity index is 3.95. The lowest BCUT2D eigenvalue weighted by molar-refractivity contribution is -0.870. The monoisotopic (exact) mass is 728 g/mol. The second-order valence-electron chi connectivity index (χ2n) is 15.0. The van der Waals surface area contributed by atoms with Gasteiger partial charge in [-0.05, 0) is 51.4 Å². The first kappa shape index (κ1) is 48.7. The Morgan fingerprint density at radius 3 is 1.66 bits per heavy atom. The summed E-state index contributed by atoms with van der Waals surface area (Å²) in [5.41, 5.74) is 0. The lowest BCUT2D eigenvalue weighted by atomic mass is 10.0. The minimum Gasteiger partial charge on any atom is -0.391 e. The SMILES string of the molecule is CCCCCCC/C=C\C/C=C\C/C=C\CCCCCCCCCCCCC(=O)NC(COP(=O)(O)OCC[N+](C)(C)C)C(O)CCCCC. The molecular weight excluding hydrogens is 647 g/mol. The zero-order valence-electron chi connectivity index (χ0n) is 33.1. The molecule has 50 heavy (non-hydrogen) atoms. The molecule has 0 aliphatic rings. The summed E-state index contributed by atoms with van der Waals surface area (Å²) < 4.78 is 23.2. The molecule has 0 rings (SSSR count). The lowest BCUT2D eigenvalue weighted by Crippen LogP contribution is -2.46. The number of nitrogens with one attached hydrogen (secondary N) is 1. The molecule has 0 radical (unpaired) electrons. The summed E-state index contributed by atoms with van der Waals surface area (Å²) in [5, 5.41) is 13.6. The van der Waals surface area contributed by atoms with Crippen molar-refractivity contribution in [2.45, 2.75) is 180 Å². The minimum absolute atomic E-state index is 0.0712. The topological polar surface area (TPSA) is 105 Å². The largest absolute Gasteiger partial charge is 0.472 e. The van der Waals surface area contributed by atoms with E-state index in [0.717, 1.165) is 51.4 Å². The number of rotatable bonds is 36. The van der Waals surface area contributed by atoms with Gasteiger partial charge in [-0.1, -0.05) is 147 Å². The number of aliphatic hydroxyl groups is 1. The quantitative estimate of drug-likeness (QED) is 0.0257. The standard InChI is InChI=1S/C41H79N2O6P/c1-6-8-10-11-12-13-14-15-16-17-18-19-20-21-22-23-24-25-26-27-28-29-30-31-33-35-41(45)42-39(40(44)34-32-9-7-2)38-49-50(46,47)48-37-36-43(3,4)5/h14-15,17-18,20-21,39-40,44H,6-13,16,19,22-38H2,1-5H3,(H-,42,45,46,47)/p+1/b15-14-,18-17-,21-20-. The van der Waals surface area contributed by atoms with Crippen LogP contribution in [0.3, 0.4) is 0 Å². The summed E-state index contributed by atoms with van der Waals surface area (Å²) in [5.74, 6) is -0.162. The molecule has 9 heteroatoms. The molecule has 3 N–H and O–H groups in total. The number of amides is 1. The van der Waals surface area contributed by atoms with Gasteiger partial charge in [0.05, 0.1) is 39.9 Å². The number of likely N-dealkylation sites (N-methyl/N-ethyl adjacent to an activating group) is 1. The number of carbonyl (C=O) groups is 1. The van der Waals surface area contributed by atoms with Gasteiger partial charge in [-0.25, -0.2) is 4.57 Å². The normalized spacial score (nSPS) is 14.9. The molecule has 0 aliphatic heterocycles. The van der Waals surface area contributed by atoms with Gasteiger partial charge in [-0.15, -0.1) is 0 Å². The van der Waals surface area contributed by atoms with Gasteiger partial charge in [0.25, 0.3) is 0 Å². The molecule has 0 aromatic carbocycles. The van der Waals surface area contributed by atoms with Crippen molar-refractivity contribution in [3.8, 4) is 0 Å². The second kappa shape index (κ2) is 33.5. The number of allylic oxidation sites excluding steroid dienone is 6. The van der Waals surface area contributed by atoms with Crippen LogP contribution in [0, 0.1) is 0 Å². The van der Waals surface area contributed by atoms with Crippen molar-refractivity contribution in [3.05, 3.63) is 36.5 Å². The Kier molecular flexibility index (Phi) is 32.7. The summed E-state index contributed by atoms with van der Waals surface area (Å²) in [6.45, 7) is 4.69. The van der Waals surface area contributed by atoms with Crippen LogP contribution in [0.15, 0.2) is 36.5 Å².